The van der Waals surface area contributed by atoms with Gasteiger partial charge >= 0.3 is 6.09 Å². The molecule has 0 aromatic heterocycles. The number of carbonyl (C=O) groups is 1. The van der Waals surface area contributed by atoms with Crippen molar-refractivity contribution in [2.24, 2.45) is 0 Å². The third-order valence-corrected chi connectivity index (χ3v) is 0.661. The van der Waals surface area contributed by atoms with Gasteiger partial charge in [-0.05, 0) is 0 Å². The highest BCUT2D eigenvalue weighted by molar-refractivity contribution is 5.67. The van der Waals surface area contributed by atoms with Gasteiger partial charge in [-0.2, -0.15) is 0 Å². The molecular weight excluding hydrogens is 96.0 g/mol. The quantitative estimate of drug-likeness (QED) is 0.422. The average Bonchev–Trinajstić information content (AvgIpc) is 1.69. The van der Waals surface area contributed by atoms with E-state index in [9.17, 15) is 4.79 Å². The average molecular weight is 102 g/mol. The molecule has 7 heavy (non-hydrogen) atoms. The van der Waals surface area contributed by atoms with Crippen LogP contribution >= 0.6 is 0 Å². The Morgan fingerprint density at radius 3 is 2.71 bits per heavy atom. The summed E-state index contributed by atoms with van der Waals surface area (Å²) < 4.78 is 0. The fraction of sp³-hybridized carbons (Fsp3) is 0.667. The summed E-state index contributed by atoms with van der Waals surface area (Å²) in [5.74, 6) is 0. The predicted octanol–water partition coefficient (Wildman–Crippen LogP) is -0.769. The van der Waals surface area contributed by atoms with Crippen molar-refractivity contribution >= 4 is 6.09 Å². The molecule has 0 aliphatic carbocycles. The van der Waals surface area contributed by atoms with Crippen molar-refractivity contribution in [1.82, 2.24) is 10.8 Å². The van der Waals surface area contributed by atoms with Gasteiger partial charge in [0, 0.05) is 13.1 Å². The Hall–Kier alpha value is -0.770. The Morgan fingerprint density at radius 2 is 2.43 bits per heavy atom. The van der Waals surface area contributed by atoms with Gasteiger partial charge < -0.3 is 10.2 Å². The highest BCUT2D eigenvalue weighted by Gasteiger charge is 2.04. The molecule has 0 spiro atoms. The molecule has 0 atom stereocenters. The minimum atomic E-state index is -0.397. The molecule has 1 fully saturated rings. The molecule has 1 aliphatic heterocycles. The lowest BCUT2D eigenvalue weighted by atomic mass is 10.6. The van der Waals surface area contributed by atoms with Crippen molar-refractivity contribution < 1.29 is 9.63 Å². The minimum Gasteiger partial charge on any atom is -0.354 e. The first-order chi connectivity index (χ1) is 3.39. The maximum atomic E-state index is 10.1. The molecule has 1 aliphatic rings. The maximum Gasteiger partial charge on any atom is 0.426 e. The molecule has 4 heteroatoms. The van der Waals surface area contributed by atoms with E-state index in [0.29, 0.717) is 13.1 Å². The SMILES string of the molecule is O=C1NCCNO1. The van der Waals surface area contributed by atoms with Crippen LogP contribution in [0.5, 0.6) is 0 Å². The van der Waals surface area contributed by atoms with Crippen molar-refractivity contribution in [3.05, 3.63) is 0 Å². The molecule has 1 rings (SSSR count). The Kier molecular flexibility index (Phi) is 1.12. The molecule has 2 N–H and O–H groups in total. The smallest absolute Gasteiger partial charge is 0.354 e. The Labute approximate surface area is 40.8 Å². The summed E-state index contributed by atoms with van der Waals surface area (Å²) >= 11 is 0. The van der Waals surface area contributed by atoms with Gasteiger partial charge in [-0.1, -0.05) is 0 Å². The minimum absolute atomic E-state index is 0.397. The lowest BCUT2D eigenvalue weighted by Gasteiger charge is -2.11. The Balaban J connectivity index is 2.25. The van der Waals surface area contributed by atoms with Gasteiger partial charge in [0.2, 0.25) is 0 Å². The molecule has 4 nitrogen and oxygen atoms in total. The highest BCUT2D eigenvalue weighted by atomic mass is 16.7. The number of nitrogens with one attached hydrogen (secondary N) is 2. The van der Waals surface area contributed by atoms with Crippen LogP contribution in [0.3, 0.4) is 0 Å². The number of hydrogen-bond acceptors (Lipinski definition) is 3. The van der Waals surface area contributed by atoms with Crippen molar-refractivity contribution in [2.45, 2.75) is 0 Å². The van der Waals surface area contributed by atoms with Gasteiger partial charge in [0.25, 0.3) is 0 Å². The largest absolute Gasteiger partial charge is 0.426 e. The number of amides is 1. The van der Waals surface area contributed by atoms with E-state index in [1.54, 1.807) is 0 Å². The van der Waals surface area contributed by atoms with E-state index < -0.39 is 6.09 Å². The van der Waals surface area contributed by atoms with Crippen LogP contribution in [-0.4, -0.2) is 19.2 Å². The molecule has 0 radical (unpaired) electrons. The van der Waals surface area contributed by atoms with Gasteiger partial charge in [0.1, 0.15) is 0 Å². The van der Waals surface area contributed by atoms with Gasteiger partial charge in [0.15, 0.2) is 0 Å². The zero-order valence-electron chi connectivity index (χ0n) is 3.73. The third-order valence-electron chi connectivity index (χ3n) is 0.661. The molecular formula is C3H6N2O2. The lowest BCUT2D eigenvalue weighted by Crippen LogP contribution is -2.41. The zero-order valence-corrected chi connectivity index (χ0v) is 3.73. The van der Waals surface area contributed by atoms with Crippen LogP contribution < -0.4 is 10.8 Å². The summed E-state index contributed by atoms with van der Waals surface area (Å²) in [6, 6.07) is 0. The van der Waals surface area contributed by atoms with Crippen LogP contribution in [0.25, 0.3) is 0 Å². The van der Waals surface area contributed by atoms with Crippen molar-refractivity contribution in [2.75, 3.05) is 13.1 Å². The van der Waals surface area contributed by atoms with Crippen molar-refractivity contribution in [1.29, 1.82) is 0 Å². The van der Waals surface area contributed by atoms with E-state index in [1.807, 2.05) is 0 Å². The maximum absolute atomic E-state index is 10.1. The van der Waals surface area contributed by atoms with Crippen LogP contribution in [0.4, 0.5) is 4.79 Å². The van der Waals surface area contributed by atoms with E-state index in [-0.39, 0.29) is 0 Å². The standard InChI is InChI=1S/C3H6N2O2/c6-3-4-1-2-5-7-3/h5H,1-2H2,(H,4,6). The first-order valence-corrected chi connectivity index (χ1v) is 2.07. The summed E-state index contributed by atoms with van der Waals surface area (Å²) in [7, 11) is 0. The summed E-state index contributed by atoms with van der Waals surface area (Å²) in [4.78, 5) is 14.3. The molecule has 1 saturated heterocycles. The van der Waals surface area contributed by atoms with Crippen LogP contribution in [0.15, 0.2) is 0 Å². The molecule has 40 valence electrons. The second-order valence-corrected chi connectivity index (χ2v) is 1.21. The van der Waals surface area contributed by atoms with Gasteiger partial charge in [-0.15, -0.1) is 5.48 Å². The highest BCUT2D eigenvalue weighted by Crippen LogP contribution is 1.75. The molecule has 1 amide bonds. The summed E-state index contributed by atoms with van der Waals surface area (Å²) in [6.45, 7) is 1.34. The number of rotatable bonds is 0. The van der Waals surface area contributed by atoms with Crippen LogP contribution in [0, 0.1) is 0 Å². The molecule has 0 saturated carbocycles. The predicted molar refractivity (Wildman–Crippen MR) is 22.5 cm³/mol. The van der Waals surface area contributed by atoms with Crippen LogP contribution in [-0.2, 0) is 4.84 Å². The molecule has 0 unspecified atom stereocenters. The van der Waals surface area contributed by atoms with Crippen molar-refractivity contribution in [3.8, 4) is 0 Å². The fourth-order valence-electron chi connectivity index (χ4n) is 0.368. The zero-order chi connectivity index (χ0) is 5.11. The molecule has 0 aromatic rings. The second-order valence-electron chi connectivity index (χ2n) is 1.21. The Bertz CT molecular complexity index is 75.0. The number of hydrogen-bond donors (Lipinski definition) is 2. The summed E-state index contributed by atoms with van der Waals surface area (Å²) in [5.41, 5.74) is 2.42. The monoisotopic (exact) mass is 102 g/mol. The number of carbonyl (C=O) groups excluding carboxylic acids is 1. The van der Waals surface area contributed by atoms with Crippen LogP contribution in [0.2, 0.25) is 0 Å². The third kappa shape index (κ3) is 1.04. The van der Waals surface area contributed by atoms with Crippen molar-refractivity contribution in [3.63, 3.8) is 0 Å². The first-order valence-electron chi connectivity index (χ1n) is 2.07. The normalized spacial score (nSPS) is 20.3. The topological polar surface area (TPSA) is 50.4 Å². The molecule has 1 heterocycles. The van der Waals surface area contributed by atoms with E-state index in [1.165, 1.54) is 0 Å². The summed E-state index contributed by atoms with van der Waals surface area (Å²) in [6.07, 6.45) is -0.397. The van der Waals surface area contributed by atoms with Gasteiger partial charge in [0.05, 0.1) is 0 Å². The van der Waals surface area contributed by atoms with Gasteiger partial charge in [-0.25, -0.2) is 4.79 Å². The first kappa shape index (κ1) is 4.39. The van der Waals surface area contributed by atoms with E-state index in [4.69, 9.17) is 0 Å². The molecule has 0 bridgehead atoms. The second kappa shape index (κ2) is 1.79. The fourth-order valence-corrected chi connectivity index (χ4v) is 0.368. The van der Waals surface area contributed by atoms with Gasteiger partial charge in [-0.3, -0.25) is 0 Å². The number of hydroxylamine groups is 1. The van der Waals surface area contributed by atoms with E-state index >= 15 is 0 Å². The van der Waals surface area contributed by atoms with Crippen LogP contribution in [0.1, 0.15) is 0 Å². The Morgan fingerprint density at radius 1 is 1.57 bits per heavy atom. The summed E-state index contributed by atoms with van der Waals surface area (Å²) in [5, 5.41) is 2.46. The molecule has 0 aromatic carbocycles. The lowest BCUT2D eigenvalue weighted by molar-refractivity contribution is 0.0732. The van der Waals surface area contributed by atoms with E-state index in [0.717, 1.165) is 0 Å². The van der Waals surface area contributed by atoms with E-state index in [2.05, 4.69) is 15.6 Å².